The van der Waals surface area contributed by atoms with Gasteiger partial charge in [-0.25, -0.2) is 8.42 Å². The maximum atomic E-state index is 12.4. The van der Waals surface area contributed by atoms with E-state index in [0.717, 1.165) is 16.9 Å². The van der Waals surface area contributed by atoms with Crippen LogP contribution in [0.5, 0.6) is 5.75 Å². The van der Waals surface area contributed by atoms with Crippen LogP contribution in [0, 0.1) is 13.8 Å². The molecule has 0 atom stereocenters. The van der Waals surface area contributed by atoms with Crippen LogP contribution in [0.4, 0.5) is 5.69 Å². The fourth-order valence-corrected chi connectivity index (χ4v) is 4.05. The van der Waals surface area contributed by atoms with E-state index in [1.807, 2.05) is 38.1 Å². The molecule has 3 rings (SSSR count). The third-order valence-electron chi connectivity index (χ3n) is 5.12. The summed E-state index contributed by atoms with van der Waals surface area (Å²) in [6, 6.07) is 21.8. The van der Waals surface area contributed by atoms with Gasteiger partial charge in [-0.1, -0.05) is 36.4 Å². The number of nitrogens with zero attached hydrogens (tertiary/aromatic N) is 1. The zero-order valence-corrected chi connectivity index (χ0v) is 19.4. The van der Waals surface area contributed by atoms with Gasteiger partial charge in [0.15, 0.2) is 0 Å². The number of hydrogen-bond donors (Lipinski definition) is 1. The second kappa shape index (κ2) is 10.3. The lowest BCUT2D eigenvalue weighted by atomic mass is 10.1. The first-order chi connectivity index (χ1) is 15.2. The summed E-state index contributed by atoms with van der Waals surface area (Å²) in [4.78, 5) is 12.4. The molecular weight excluding hydrogens is 424 g/mol. The van der Waals surface area contributed by atoms with Crippen molar-refractivity contribution in [2.24, 2.45) is 0 Å². The van der Waals surface area contributed by atoms with Gasteiger partial charge in [0.05, 0.1) is 25.0 Å². The van der Waals surface area contributed by atoms with Crippen molar-refractivity contribution in [2.75, 3.05) is 23.7 Å². The van der Waals surface area contributed by atoms with E-state index < -0.39 is 10.0 Å². The largest absolute Gasteiger partial charge is 0.492 e. The van der Waals surface area contributed by atoms with Crippen LogP contribution in [0.3, 0.4) is 0 Å². The number of hydrogen-bond acceptors (Lipinski definition) is 4. The molecule has 0 saturated carbocycles. The fourth-order valence-electron chi connectivity index (χ4n) is 3.16. The average Bonchev–Trinajstić information content (AvgIpc) is 2.77. The molecule has 0 spiro atoms. The fraction of sp³-hybridized carbons (Fsp3) is 0.240. The molecule has 0 unspecified atom stereocenters. The van der Waals surface area contributed by atoms with Crippen molar-refractivity contribution in [2.45, 2.75) is 20.4 Å². The number of ether oxygens (including phenoxy) is 1. The molecule has 0 aliphatic heterocycles. The molecule has 1 N–H and O–H groups in total. The first-order valence-corrected chi connectivity index (χ1v) is 12.2. The molecular formula is C25H28N2O4S. The number of aryl methyl sites for hydroxylation is 2. The Morgan fingerprint density at radius 3 is 2.25 bits per heavy atom. The van der Waals surface area contributed by atoms with Crippen molar-refractivity contribution in [3.8, 4) is 5.75 Å². The lowest BCUT2D eigenvalue weighted by molar-refractivity contribution is 0.0947. The van der Waals surface area contributed by atoms with E-state index in [1.165, 1.54) is 16.1 Å². The van der Waals surface area contributed by atoms with Gasteiger partial charge in [-0.3, -0.25) is 9.10 Å². The summed E-state index contributed by atoms with van der Waals surface area (Å²) in [6.07, 6.45) is 1.18. The molecule has 3 aromatic rings. The summed E-state index contributed by atoms with van der Waals surface area (Å²) in [5.74, 6) is 0.573. The lowest BCUT2D eigenvalue weighted by Crippen LogP contribution is -2.29. The summed E-state index contributed by atoms with van der Waals surface area (Å²) >= 11 is 0. The number of anilines is 1. The summed E-state index contributed by atoms with van der Waals surface area (Å²) in [5, 5.41) is 2.84. The van der Waals surface area contributed by atoms with Crippen molar-refractivity contribution in [3.63, 3.8) is 0 Å². The number of carbonyl (C=O) groups is 1. The minimum absolute atomic E-state index is 0.189. The summed E-state index contributed by atoms with van der Waals surface area (Å²) in [6.45, 7) is 5.01. The molecule has 0 heterocycles. The van der Waals surface area contributed by atoms with E-state index in [9.17, 15) is 13.2 Å². The lowest BCUT2D eigenvalue weighted by Gasteiger charge is -2.22. The van der Waals surface area contributed by atoms with Crippen LogP contribution in [-0.4, -0.2) is 33.7 Å². The Hall–Kier alpha value is -3.32. The van der Waals surface area contributed by atoms with Crippen LogP contribution in [0.25, 0.3) is 0 Å². The molecule has 168 valence electrons. The molecule has 0 aromatic heterocycles. The van der Waals surface area contributed by atoms with E-state index in [2.05, 4.69) is 5.32 Å². The standard InChI is InChI=1S/C25H28N2O4S/c1-19-9-14-24(17-20(19)2)31-16-15-26-25(28)22-12-10-21(11-13-22)18-27(32(3,29)30)23-7-5-4-6-8-23/h4-14,17H,15-16,18H2,1-3H3,(H,26,28). The maximum Gasteiger partial charge on any atom is 0.251 e. The molecule has 0 fully saturated rings. The van der Waals surface area contributed by atoms with Crippen LogP contribution >= 0.6 is 0 Å². The highest BCUT2D eigenvalue weighted by atomic mass is 32.2. The van der Waals surface area contributed by atoms with Crippen LogP contribution in [0.15, 0.2) is 72.8 Å². The van der Waals surface area contributed by atoms with Crippen LogP contribution in [0.2, 0.25) is 0 Å². The van der Waals surface area contributed by atoms with E-state index in [1.54, 1.807) is 48.5 Å². The van der Waals surface area contributed by atoms with Crippen molar-refractivity contribution < 1.29 is 17.9 Å². The zero-order valence-electron chi connectivity index (χ0n) is 18.5. The van der Waals surface area contributed by atoms with Gasteiger partial charge in [0.1, 0.15) is 12.4 Å². The monoisotopic (exact) mass is 452 g/mol. The molecule has 3 aromatic carbocycles. The Balaban J connectivity index is 1.55. The van der Waals surface area contributed by atoms with Crippen LogP contribution in [0.1, 0.15) is 27.0 Å². The maximum absolute atomic E-state index is 12.4. The molecule has 6 nitrogen and oxygen atoms in total. The molecule has 0 radical (unpaired) electrons. The van der Waals surface area contributed by atoms with Gasteiger partial charge in [0.25, 0.3) is 5.91 Å². The second-order valence-electron chi connectivity index (χ2n) is 7.65. The van der Waals surface area contributed by atoms with Crippen molar-refractivity contribution >= 4 is 21.6 Å². The highest BCUT2D eigenvalue weighted by Crippen LogP contribution is 2.20. The molecule has 0 aliphatic carbocycles. The van der Waals surface area contributed by atoms with Crippen LogP contribution < -0.4 is 14.4 Å². The quantitative estimate of drug-likeness (QED) is 0.497. The Morgan fingerprint density at radius 2 is 1.62 bits per heavy atom. The summed E-state index contributed by atoms with van der Waals surface area (Å²) in [5.41, 5.74) is 4.26. The predicted octanol–water partition coefficient (Wildman–Crippen LogP) is 4.08. The van der Waals surface area contributed by atoms with Gasteiger partial charge in [-0.05, 0) is 66.9 Å². The Morgan fingerprint density at radius 1 is 0.938 bits per heavy atom. The number of para-hydroxylation sites is 1. The molecule has 0 aliphatic rings. The highest BCUT2D eigenvalue weighted by Gasteiger charge is 2.17. The SMILES string of the molecule is Cc1ccc(OCCNC(=O)c2ccc(CN(c3ccccc3)S(C)(=O)=O)cc2)cc1C. The third kappa shape index (κ3) is 6.34. The summed E-state index contributed by atoms with van der Waals surface area (Å²) < 4.78 is 31.5. The van der Waals surface area contributed by atoms with Gasteiger partial charge in [-0.2, -0.15) is 0 Å². The van der Waals surface area contributed by atoms with Crippen LogP contribution in [-0.2, 0) is 16.6 Å². The third-order valence-corrected chi connectivity index (χ3v) is 6.26. The van der Waals surface area contributed by atoms with Gasteiger partial charge < -0.3 is 10.1 Å². The number of amides is 1. The van der Waals surface area contributed by atoms with Gasteiger partial charge in [0, 0.05) is 5.56 Å². The van der Waals surface area contributed by atoms with Crippen molar-refractivity contribution in [1.82, 2.24) is 5.32 Å². The highest BCUT2D eigenvalue weighted by molar-refractivity contribution is 7.92. The average molecular weight is 453 g/mol. The minimum Gasteiger partial charge on any atom is -0.492 e. The van der Waals surface area contributed by atoms with E-state index in [-0.39, 0.29) is 12.5 Å². The number of carbonyl (C=O) groups excluding carboxylic acids is 1. The van der Waals surface area contributed by atoms with Gasteiger partial charge in [-0.15, -0.1) is 0 Å². The Kier molecular flexibility index (Phi) is 7.53. The first-order valence-electron chi connectivity index (χ1n) is 10.3. The number of rotatable bonds is 9. The minimum atomic E-state index is -3.45. The van der Waals surface area contributed by atoms with Crippen molar-refractivity contribution in [1.29, 1.82) is 0 Å². The van der Waals surface area contributed by atoms with Gasteiger partial charge >= 0.3 is 0 Å². The Labute approximate surface area is 189 Å². The second-order valence-corrected chi connectivity index (χ2v) is 9.56. The normalized spacial score (nSPS) is 11.1. The molecule has 32 heavy (non-hydrogen) atoms. The molecule has 0 bridgehead atoms. The van der Waals surface area contributed by atoms with Gasteiger partial charge in [0.2, 0.25) is 10.0 Å². The van der Waals surface area contributed by atoms with E-state index in [0.29, 0.717) is 24.4 Å². The predicted molar refractivity (Wildman–Crippen MR) is 128 cm³/mol. The van der Waals surface area contributed by atoms with E-state index >= 15 is 0 Å². The summed E-state index contributed by atoms with van der Waals surface area (Å²) in [7, 11) is -3.45. The van der Waals surface area contributed by atoms with Crippen molar-refractivity contribution in [3.05, 3.63) is 95.1 Å². The first kappa shape index (κ1) is 23.3. The smallest absolute Gasteiger partial charge is 0.251 e. The number of sulfonamides is 1. The topological polar surface area (TPSA) is 75.7 Å². The zero-order chi connectivity index (χ0) is 23.1. The van der Waals surface area contributed by atoms with E-state index in [4.69, 9.17) is 4.74 Å². The molecule has 0 saturated heterocycles. The number of nitrogens with one attached hydrogen (secondary N) is 1. The molecule has 7 heteroatoms. The Bertz CT molecular complexity index is 1160. The number of benzene rings is 3. The molecule has 1 amide bonds.